The summed E-state index contributed by atoms with van der Waals surface area (Å²) in [6.45, 7) is 4.20. The largest absolute Gasteiger partial charge is 0.326 e. The summed E-state index contributed by atoms with van der Waals surface area (Å²) in [6, 6.07) is 11.4. The number of carbonyl (C=O) groups is 1. The normalized spacial score (nSPS) is 17.7. The van der Waals surface area contributed by atoms with Crippen molar-refractivity contribution in [1.82, 2.24) is 8.61 Å². The Hall–Kier alpha value is -2.47. The summed E-state index contributed by atoms with van der Waals surface area (Å²) in [6.07, 6.45) is 1.17. The van der Waals surface area contributed by atoms with Crippen LogP contribution in [0.5, 0.6) is 0 Å². The van der Waals surface area contributed by atoms with Crippen LogP contribution in [0, 0.1) is 19.8 Å². The fourth-order valence-electron chi connectivity index (χ4n) is 3.61. The van der Waals surface area contributed by atoms with E-state index in [2.05, 4.69) is 10.0 Å². The highest BCUT2D eigenvalue weighted by atomic mass is 32.2. The van der Waals surface area contributed by atoms with E-state index in [9.17, 15) is 21.6 Å². The minimum absolute atomic E-state index is 0.0716. The molecule has 1 aliphatic heterocycles. The summed E-state index contributed by atoms with van der Waals surface area (Å²) < 4.78 is 55.3. The average Bonchev–Trinajstić information content (AvgIpc) is 2.76. The average molecular weight is 495 g/mol. The van der Waals surface area contributed by atoms with Crippen molar-refractivity contribution in [1.29, 1.82) is 0 Å². The topological polar surface area (TPSA) is 116 Å². The number of rotatable bonds is 7. The minimum atomic E-state index is -3.79. The molecule has 0 saturated carbocycles. The van der Waals surface area contributed by atoms with Gasteiger partial charge in [-0.15, -0.1) is 0 Å². The number of hydrogen-bond donors (Lipinski definition) is 2. The van der Waals surface area contributed by atoms with Crippen LogP contribution < -0.4 is 10.0 Å². The zero-order valence-corrected chi connectivity index (χ0v) is 20.8. The Kier molecular flexibility index (Phi) is 7.47. The molecule has 2 N–H and O–H groups in total. The van der Waals surface area contributed by atoms with Gasteiger partial charge < -0.3 is 5.32 Å². The van der Waals surface area contributed by atoms with Crippen molar-refractivity contribution in [3.8, 4) is 0 Å². The van der Waals surface area contributed by atoms with Gasteiger partial charge in [-0.05, 0) is 68.1 Å². The molecule has 1 saturated heterocycles. The molecule has 0 aromatic heterocycles. The van der Waals surface area contributed by atoms with Crippen molar-refractivity contribution in [2.45, 2.75) is 31.6 Å². The van der Waals surface area contributed by atoms with Gasteiger partial charge in [0.25, 0.3) is 20.2 Å². The standard InChI is InChI=1S/C22H30N4O5S2/c1-16-7-8-17(2)21(14-16)24-32(28,29)20-11-9-19(10-12-20)23-22(27)18-6-5-13-26(15-18)33(30,31)25(3)4/h7-12,14,18,24H,5-6,13,15H2,1-4H3,(H,23,27)/t18-/m1/s1. The summed E-state index contributed by atoms with van der Waals surface area (Å²) >= 11 is 0. The highest BCUT2D eigenvalue weighted by Gasteiger charge is 2.33. The first-order valence-corrected chi connectivity index (χ1v) is 13.5. The number of nitrogens with one attached hydrogen (secondary N) is 2. The molecule has 9 nitrogen and oxygen atoms in total. The number of piperidine rings is 1. The molecule has 0 bridgehead atoms. The van der Waals surface area contributed by atoms with Gasteiger partial charge in [-0.2, -0.15) is 17.0 Å². The number of sulfonamides is 1. The van der Waals surface area contributed by atoms with Crippen LogP contribution in [0.1, 0.15) is 24.0 Å². The third kappa shape index (κ3) is 5.91. The Labute approximate surface area is 196 Å². The molecule has 33 heavy (non-hydrogen) atoms. The molecule has 180 valence electrons. The van der Waals surface area contributed by atoms with E-state index in [4.69, 9.17) is 0 Å². The van der Waals surface area contributed by atoms with E-state index < -0.39 is 26.2 Å². The lowest BCUT2D eigenvalue weighted by Crippen LogP contribution is -2.47. The number of aryl methyl sites for hydroxylation is 2. The molecule has 1 heterocycles. The van der Waals surface area contributed by atoms with E-state index in [1.807, 2.05) is 26.0 Å². The van der Waals surface area contributed by atoms with Crippen LogP contribution in [-0.2, 0) is 25.0 Å². The number of nitrogens with zero attached hydrogens (tertiary/aromatic N) is 2. The Morgan fingerprint density at radius 2 is 1.70 bits per heavy atom. The number of hydrogen-bond acceptors (Lipinski definition) is 5. The van der Waals surface area contributed by atoms with Crippen molar-refractivity contribution in [2.24, 2.45) is 5.92 Å². The zero-order chi connectivity index (χ0) is 24.4. The highest BCUT2D eigenvalue weighted by molar-refractivity contribution is 7.92. The van der Waals surface area contributed by atoms with Gasteiger partial charge in [0.2, 0.25) is 5.91 Å². The van der Waals surface area contributed by atoms with E-state index in [-0.39, 0.29) is 17.3 Å². The molecule has 1 amide bonds. The van der Waals surface area contributed by atoms with Crippen LogP contribution in [0.25, 0.3) is 0 Å². The number of benzene rings is 2. The molecular weight excluding hydrogens is 464 g/mol. The molecule has 0 radical (unpaired) electrons. The lowest BCUT2D eigenvalue weighted by Gasteiger charge is -2.32. The van der Waals surface area contributed by atoms with Gasteiger partial charge in [-0.3, -0.25) is 9.52 Å². The predicted octanol–water partition coefficient (Wildman–Crippen LogP) is 2.56. The fraction of sp³-hybridized carbons (Fsp3) is 0.409. The van der Waals surface area contributed by atoms with Crippen LogP contribution >= 0.6 is 0 Å². The first-order valence-electron chi connectivity index (χ1n) is 10.6. The van der Waals surface area contributed by atoms with Crippen LogP contribution in [0.15, 0.2) is 47.4 Å². The van der Waals surface area contributed by atoms with Gasteiger partial charge >= 0.3 is 0 Å². The Balaban J connectivity index is 1.67. The number of anilines is 2. The van der Waals surface area contributed by atoms with Gasteiger partial charge in [0, 0.05) is 32.9 Å². The van der Waals surface area contributed by atoms with Gasteiger partial charge in [-0.25, -0.2) is 8.42 Å². The summed E-state index contributed by atoms with van der Waals surface area (Å²) in [7, 11) is -4.45. The third-order valence-electron chi connectivity index (χ3n) is 5.61. The maximum absolute atomic E-state index is 12.8. The third-order valence-corrected chi connectivity index (χ3v) is 8.90. The Morgan fingerprint density at radius 1 is 1.03 bits per heavy atom. The highest BCUT2D eigenvalue weighted by Crippen LogP contribution is 2.24. The molecule has 0 spiro atoms. The van der Waals surface area contributed by atoms with E-state index >= 15 is 0 Å². The molecule has 1 fully saturated rings. The first-order chi connectivity index (χ1) is 15.4. The molecule has 3 rings (SSSR count). The minimum Gasteiger partial charge on any atom is -0.326 e. The molecule has 1 aliphatic rings. The van der Waals surface area contributed by atoms with Gasteiger partial charge in [0.05, 0.1) is 16.5 Å². The zero-order valence-electron chi connectivity index (χ0n) is 19.2. The summed E-state index contributed by atoms with van der Waals surface area (Å²) in [4.78, 5) is 12.8. The lowest BCUT2D eigenvalue weighted by atomic mass is 9.99. The molecule has 0 unspecified atom stereocenters. The summed E-state index contributed by atoms with van der Waals surface area (Å²) in [5.74, 6) is -0.777. The van der Waals surface area contributed by atoms with Crippen molar-refractivity contribution < 1.29 is 21.6 Å². The van der Waals surface area contributed by atoms with Crippen molar-refractivity contribution in [3.63, 3.8) is 0 Å². The van der Waals surface area contributed by atoms with E-state index in [1.165, 1.54) is 42.7 Å². The van der Waals surface area contributed by atoms with Gasteiger partial charge in [0.15, 0.2) is 0 Å². The van der Waals surface area contributed by atoms with E-state index in [0.717, 1.165) is 15.4 Å². The quantitative estimate of drug-likeness (QED) is 0.614. The van der Waals surface area contributed by atoms with Crippen molar-refractivity contribution >= 4 is 37.5 Å². The molecular formula is C22H30N4O5S2. The molecule has 2 aromatic carbocycles. The molecule has 0 aliphatic carbocycles. The van der Waals surface area contributed by atoms with Gasteiger partial charge in [-0.1, -0.05) is 12.1 Å². The maximum atomic E-state index is 12.8. The van der Waals surface area contributed by atoms with Crippen LogP contribution in [-0.4, -0.2) is 58.5 Å². The summed E-state index contributed by atoms with van der Waals surface area (Å²) in [5.41, 5.74) is 2.71. The number of carbonyl (C=O) groups excluding carboxylic acids is 1. The predicted molar refractivity (Wildman–Crippen MR) is 129 cm³/mol. The lowest BCUT2D eigenvalue weighted by molar-refractivity contribution is -0.120. The first kappa shape index (κ1) is 25.2. The van der Waals surface area contributed by atoms with Crippen molar-refractivity contribution in [3.05, 3.63) is 53.6 Å². The Morgan fingerprint density at radius 3 is 2.33 bits per heavy atom. The van der Waals surface area contributed by atoms with Crippen LogP contribution in [0.2, 0.25) is 0 Å². The van der Waals surface area contributed by atoms with E-state index in [0.29, 0.717) is 30.8 Å². The monoisotopic (exact) mass is 494 g/mol. The second-order valence-electron chi connectivity index (χ2n) is 8.42. The fourth-order valence-corrected chi connectivity index (χ4v) is 5.92. The van der Waals surface area contributed by atoms with E-state index in [1.54, 1.807) is 6.07 Å². The molecule has 1 atom stereocenters. The molecule has 2 aromatic rings. The second-order valence-corrected chi connectivity index (χ2v) is 12.2. The smallest absolute Gasteiger partial charge is 0.281 e. The van der Waals surface area contributed by atoms with Crippen LogP contribution in [0.4, 0.5) is 11.4 Å². The molecule has 11 heteroatoms. The SMILES string of the molecule is Cc1ccc(C)c(NS(=O)(=O)c2ccc(NC(=O)[C@@H]3CCCN(S(=O)(=O)N(C)C)C3)cc2)c1. The maximum Gasteiger partial charge on any atom is 0.281 e. The van der Waals surface area contributed by atoms with Crippen LogP contribution in [0.3, 0.4) is 0 Å². The van der Waals surface area contributed by atoms with Crippen molar-refractivity contribution in [2.75, 3.05) is 37.2 Å². The number of amides is 1. The second kappa shape index (κ2) is 9.80. The van der Waals surface area contributed by atoms with Gasteiger partial charge in [0.1, 0.15) is 0 Å². The Bertz CT molecular complexity index is 1230. The summed E-state index contributed by atoms with van der Waals surface area (Å²) in [5, 5.41) is 2.77.